The average Bonchev–Trinajstić information content (AvgIpc) is 3.23. The lowest BCUT2D eigenvalue weighted by molar-refractivity contribution is -0.146. The van der Waals surface area contributed by atoms with Crippen LogP contribution >= 0.6 is 11.8 Å². The number of rotatable bonds is 13. The van der Waals surface area contributed by atoms with Gasteiger partial charge in [0.1, 0.15) is 18.1 Å². The summed E-state index contributed by atoms with van der Waals surface area (Å²) in [5.41, 5.74) is 5.97. The molecule has 1 saturated heterocycles. The van der Waals surface area contributed by atoms with E-state index in [2.05, 4.69) is 10.6 Å². The van der Waals surface area contributed by atoms with Gasteiger partial charge in [0.25, 0.3) is 0 Å². The highest BCUT2D eigenvalue weighted by Crippen LogP contribution is 2.21. The molecule has 1 aliphatic heterocycles. The third kappa shape index (κ3) is 8.27. The molecule has 0 spiro atoms. The first-order valence-electron chi connectivity index (χ1n) is 11.4. The number of nitrogens with two attached hydrogens (primary N) is 1. The van der Waals surface area contributed by atoms with Gasteiger partial charge in [0.2, 0.25) is 17.7 Å². The predicted molar refractivity (Wildman–Crippen MR) is 126 cm³/mol. The van der Waals surface area contributed by atoms with E-state index in [1.165, 1.54) is 4.90 Å². The van der Waals surface area contributed by atoms with Crippen molar-refractivity contribution in [2.75, 3.05) is 18.6 Å². The van der Waals surface area contributed by atoms with Crippen LogP contribution in [0.15, 0.2) is 0 Å². The zero-order valence-electron chi connectivity index (χ0n) is 19.9. The molecule has 0 aliphatic carbocycles. The molecule has 32 heavy (non-hydrogen) atoms. The molecule has 1 fully saturated rings. The fourth-order valence-electron chi connectivity index (χ4n) is 3.78. The second kappa shape index (κ2) is 13.7. The molecule has 1 rings (SSSR count). The summed E-state index contributed by atoms with van der Waals surface area (Å²) < 4.78 is 0. The first kappa shape index (κ1) is 28.2. The molecule has 1 aliphatic rings. The first-order valence-corrected chi connectivity index (χ1v) is 12.8. The van der Waals surface area contributed by atoms with Gasteiger partial charge in [-0.05, 0) is 49.5 Å². The van der Waals surface area contributed by atoms with E-state index in [1.807, 2.05) is 27.0 Å². The summed E-state index contributed by atoms with van der Waals surface area (Å²) in [5, 5.41) is 14.9. The summed E-state index contributed by atoms with van der Waals surface area (Å²) in [6, 6.07) is -3.23. The van der Waals surface area contributed by atoms with Crippen LogP contribution in [0.1, 0.15) is 59.8 Å². The van der Waals surface area contributed by atoms with Gasteiger partial charge in [-0.2, -0.15) is 11.8 Å². The number of carbonyl (C=O) groups is 4. The zero-order chi connectivity index (χ0) is 24.4. The van der Waals surface area contributed by atoms with Gasteiger partial charge in [-0.1, -0.05) is 34.1 Å². The molecule has 10 heteroatoms. The van der Waals surface area contributed by atoms with Crippen LogP contribution in [0.4, 0.5) is 0 Å². The Morgan fingerprint density at radius 2 is 1.84 bits per heavy atom. The number of thioether (sulfide) groups is 1. The number of amides is 3. The van der Waals surface area contributed by atoms with Gasteiger partial charge in [0.15, 0.2) is 0 Å². The van der Waals surface area contributed by atoms with E-state index < -0.39 is 36.0 Å². The minimum absolute atomic E-state index is 0.142. The molecule has 5 atom stereocenters. The Balaban J connectivity index is 2.94. The van der Waals surface area contributed by atoms with Gasteiger partial charge in [-0.15, -0.1) is 0 Å². The van der Waals surface area contributed by atoms with Crippen molar-refractivity contribution in [1.29, 1.82) is 0 Å². The van der Waals surface area contributed by atoms with Crippen LogP contribution in [0.25, 0.3) is 0 Å². The number of likely N-dealkylation sites (tertiary alicyclic amines) is 1. The molecule has 9 nitrogen and oxygen atoms in total. The highest BCUT2D eigenvalue weighted by Gasteiger charge is 2.39. The number of nitrogens with one attached hydrogen (secondary N) is 2. The summed E-state index contributed by atoms with van der Waals surface area (Å²) >= 11 is 1.60. The van der Waals surface area contributed by atoms with Crippen LogP contribution in [0, 0.1) is 11.8 Å². The smallest absolute Gasteiger partial charge is 0.326 e. The first-order chi connectivity index (χ1) is 15.0. The van der Waals surface area contributed by atoms with Gasteiger partial charge in [-0.3, -0.25) is 14.4 Å². The number of carboxylic acid groups (broad SMARTS) is 1. The summed E-state index contributed by atoms with van der Waals surface area (Å²) in [7, 11) is 0. The van der Waals surface area contributed by atoms with Gasteiger partial charge >= 0.3 is 5.97 Å². The van der Waals surface area contributed by atoms with E-state index in [1.54, 1.807) is 18.7 Å². The van der Waals surface area contributed by atoms with Crippen molar-refractivity contribution >= 4 is 35.5 Å². The second-order valence-electron chi connectivity index (χ2n) is 8.98. The maximum absolute atomic E-state index is 13.3. The van der Waals surface area contributed by atoms with Gasteiger partial charge < -0.3 is 26.4 Å². The van der Waals surface area contributed by atoms with Crippen molar-refractivity contribution in [2.24, 2.45) is 17.6 Å². The molecule has 0 aromatic heterocycles. The standard InChI is InChI=1S/C22H40N4O5S/c1-6-14(4)18(22(30)31)25-20(28)17-8-7-10-26(17)21(29)16(12-13(2)3)24-19(27)15(23)9-11-32-5/h13-18H,6-12,23H2,1-5H3,(H,24,27)(H,25,28)(H,30,31). The minimum atomic E-state index is -1.09. The molecule has 0 saturated carbocycles. The lowest BCUT2D eigenvalue weighted by Crippen LogP contribution is -2.57. The fourth-order valence-corrected chi connectivity index (χ4v) is 4.27. The lowest BCUT2D eigenvalue weighted by Gasteiger charge is -2.31. The summed E-state index contributed by atoms with van der Waals surface area (Å²) in [6.45, 7) is 7.93. The Morgan fingerprint density at radius 1 is 1.19 bits per heavy atom. The van der Waals surface area contributed by atoms with E-state index in [0.717, 1.165) is 5.75 Å². The Morgan fingerprint density at radius 3 is 2.38 bits per heavy atom. The Kier molecular flexibility index (Phi) is 12.1. The predicted octanol–water partition coefficient (Wildman–Crippen LogP) is 1.20. The molecule has 0 bridgehead atoms. The highest BCUT2D eigenvalue weighted by molar-refractivity contribution is 7.98. The third-order valence-electron chi connectivity index (χ3n) is 5.91. The van der Waals surface area contributed by atoms with Crippen LogP contribution in [0.5, 0.6) is 0 Å². The Labute approximate surface area is 195 Å². The second-order valence-corrected chi connectivity index (χ2v) is 9.96. The van der Waals surface area contributed by atoms with Crippen molar-refractivity contribution in [3.63, 3.8) is 0 Å². The van der Waals surface area contributed by atoms with Crippen LogP contribution in [-0.4, -0.2) is 76.4 Å². The summed E-state index contributed by atoms with van der Waals surface area (Å²) in [4.78, 5) is 51.9. The van der Waals surface area contributed by atoms with E-state index in [-0.39, 0.29) is 23.7 Å². The largest absolute Gasteiger partial charge is 0.480 e. The van der Waals surface area contributed by atoms with Crippen molar-refractivity contribution in [3.8, 4) is 0 Å². The highest BCUT2D eigenvalue weighted by atomic mass is 32.2. The van der Waals surface area contributed by atoms with Gasteiger partial charge in [0, 0.05) is 6.54 Å². The molecular weight excluding hydrogens is 432 g/mol. The molecule has 0 aromatic rings. The van der Waals surface area contributed by atoms with Crippen molar-refractivity contribution in [2.45, 2.75) is 84.0 Å². The molecule has 1 heterocycles. The number of carboxylic acids is 1. The Bertz CT molecular complexity index is 660. The van der Waals surface area contributed by atoms with E-state index in [4.69, 9.17) is 5.73 Å². The van der Waals surface area contributed by atoms with Crippen molar-refractivity contribution in [3.05, 3.63) is 0 Å². The molecule has 0 radical (unpaired) electrons. The van der Waals surface area contributed by atoms with Crippen molar-refractivity contribution < 1.29 is 24.3 Å². The topological polar surface area (TPSA) is 142 Å². The van der Waals surface area contributed by atoms with E-state index in [0.29, 0.717) is 38.6 Å². The number of hydrogen-bond donors (Lipinski definition) is 4. The van der Waals surface area contributed by atoms with Gasteiger partial charge in [-0.25, -0.2) is 4.79 Å². The van der Waals surface area contributed by atoms with E-state index in [9.17, 15) is 24.3 Å². The third-order valence-corrected chi connectivity index (χ3v) is 6.55. The van der Waals surface area contributed by atoms with Crippen LogP contribution < -0.4 is 16.4 Å². The maximum atomic E-state index is 13.3. The maximum Gasteiger partial charge on any atom is 0.326 e. The van der Waals surface area contributed by atoms with E-state index >= 15 is 0 Å². The molecular formula is C22H40N4O5S. The van der Waals surface area contributed by atoms with Crippen LogP contribution in [0.2, 0.25) is 0 Å². The molecule has 0 aromatic carbocycles. The molecule has 3 amide bonds. The molecule has 184 valence electrons. The fraction of sp³-hybridized carbons (Fsp3) is 0.818. The lowest BCUT2D eigenvalue weighted by atomic mass is 9.98. The average molecular weight is 473 g/mol. The normalized spacial score (nSPS) is 19.8. The van der Waals surface area contributed by atoms with Gasteiger partial charge in [0.05, 0.1) is 6.04 Å². The van der Waals surface area contributed by atoms with Crippen LogP contribution in [0.3, 0.4) is 0 Å². The molecule has 5 unspecified atom stereocenters. The van der Waals surface area contributed by atoms with Crippen LogP contribution in [-0.2, 0) is 19.2 Å². The zero-order valence-corrected chi connectivity index (χ0v) is 20.7. The molecule has 5 N–H and O–H groups in total. The number of carbonyl (C=O) groups excluding carboxylic acids is 3. The minimum Gasteiger partial charge on any atom is -0.480 e. The summed E-state index contributed by atoms with van der Waals surface area (Å²) in [5.74, 6) is -1.60. The SMILES string of the molecule is CCC(C)C(NC(=O)C1CCCN1C(=O)C(CC(C)C)NC(=O)C(N)CCSC)C(=O)O. The monoisotopic (exact) mass is 472 g/mol. The summed E-state index contributed by atoms with van der Waals surface area (Å²) in [6.07, 6.45) is 4.57. The van der Waals surface area contributed by atoms with Crippen molar-refractivity contribution in [1.82, 2.24) is 15.5 Å². The number of hydrogen-bond acceptors (Lipinski definition) is 6. The number of nitrogens with zero attached hydrogens (tertiary/aromatic N) is 1. The Hall–Kier alpha value is -1.81. The quantitative estimate of drug-likeness (QED) is 0.315. The number of aliphatic carboxylic acids is 1.